The first-order valence-corrected chi connectivity index (χ1v) is 15.0. The molecule has 0 bridgehead atoms. The molecule has 222 valence electrons. The van der Waals surface area contributed by atoms with Crippen molar-refractivity contribution in [1.29, 1.82) is 5.26 Å². The molecule has 2 atom stereocenters. The molecule has 10 heteroatoms. The topological polar surface area (TPSA) is 167 Å². The minimum absolute atomic E-state index is 0.0196. The van der Waals surface area contributed by atoms with Gasteiger partial charge in [-0.05, 0) is 95.4 Å². The molecular formula is C31H46N8O2. The van der Waals surface area contributed by atoms with Crippen LogP contribution in [-0.2, 0) is 9.59 Å². The van der Waals surface area contributed by atoms with Gasteiger partial charge in [-0.25, -0.2) is 0 Å². The number of nitrogens with two attached hydrogens (primary N) is 3. The van der Waals surface area contributed by atoms with Gasteiger partial charge in [0.25, 0.3) is 0 Å². The minimum Gasteiger partial charge on any atom is -0.370 e. The van der Waals surface area contributed by atoms with E-state index in [1.165, 1.54) is 31.3 Å². The molecule has 0 aromatic heterocycles. The van der Waals surface area contributed by atoms with E-state index in [0.29, 0.717) is 44.0 Å². The van der Waals surface area contributed by atoms with Crippen LogP contribution in [0.2, 0.25) is 0 Å². The maximum Gasteiger partial charge on any atom is 0.236 e. The second-order valence-electron chi connectivity index (χ2n) is 11.9. The van der Waals surface area contributed by atoms with Gasteiger partial charge in [-0.2, -0.15) is 5.26 Å². The number of guanidine groups is 1. The molecule has 1 aromatic carbocycles. The van der Waals surface area contributed by atoms with E-state index in [4.69, 9.17) is 17.2 Å². The summed E-state index contributed by atoms with van der Waals surface area (Å²) >= 11 is 0. The van der Waals surface area contributed by atoms with E-state index in [1.54, 1.807) is 11.6 Å². The predicted molar refractivity (Wildman–Crippen MR) is 162 cm³/mol. The highest BCUT2D eigenvalue weighted by Crippen LogP contribution is 2.42. The van der Waals surface area contributed by atoms with Crippen molar-refractivity contribution in [2.75, 3.05) is 31.1 Å². The minimum atomic E-state index is -0.666. The van der Waals surface area contributed by atoms with Crippen molar-refractivity contribution < 1.29 is 9.59 Å². The van der Waals surface area contributed by atoms with Crippen molar-refractivity contribution in [2.24, 2.45) is 22.2 Å². The number of likely N-dealkylation sites (tertiary alicyclic amines) is 1. The lowest BCUT2D eigenvalue weighted by atomic mass is 9.86. The Morgan fingerprint density at radius 1 is 1.15 bits per heavy atom. The molecule has 2 heterocycles. The highest BCUT2D eigenvalue weighted by atomic mass is 16.2. The number of allylic oxidation sites excluding steroid dienone is 2. The quantitative estimate of drug-likeness (QED) is 0.147. The lowest BCUT2D eigenvalue weighted by Crippen LogP contribution is -2.50. The summed E-state index contributed by atoms with van der Waals surface area (Å²) in [5.74, 6) is -0.563. The number of anilines is 1. The van der Waals surface area contributed by atoms with Crippen LogP contribution >= 0.6 is 0 Å². The predicted octanol–water partition coefficient (Wildman–Crippen LogP) is 2.62. The normalized spacial score (nSPS) is 22.1. The van der Waals surface area contributed by atoms with Crippen LogP contribution in [0.5, 0.6) is 0 Å². The SMILES string of the molecule is CC(C)=C1CCC(N2CCC(N3C(=O)C(CCNC(=O)C(N)CCCN=C(N)N)c4cc(C#N)ccc43)CC2)CC1. The van der Waals surface area contributed by atoms with Crippen molar-refractivity contribution in [3.8, 4) is 6.07 Å². The number of aliphatic imine (C=N–C) groups is 1. The number of carbonyl (C=O) groups is 2. The van der Waals surface area contributed by atoms with Gasteiger partial charge in [-0.1, -0.05) is 11.1 Å². The fraction of sp³-hybridized carbons (Fsp3) is 0.613. The number of carbonyl (C=O) groups excluding carboxylic acids is 2. The summed E-state index contributed by atoms with van der Waals surface area (Å²) < 4.78 is 0. The molecule has 1 aliphatic carbocycles. The second kappa shape index (κ2) is 14.0. The molecule has 4 rings (SSSR count). The Morgan fingerprint density at radius 3 is 2.49 bits per heavy atom. The number of piperidine rings is 1. The molecule has 0 spiro atoms. The molecule has 0 radical (unpaired) electrons. The Bertz CT molecular complexity index is 1190. The average Bonchev–Trinajstić information content (AvgIpc) is 3.25. The van der Waals surface area contributed by atoms with Crippen LogP contribution in [-0.4, -0.2) is 67.0 Å². The van der Waals surface area contributed by atoms with E-state index < -0.39 is 12.0 Å². The number of rotatable bonds is 10. The Hall–Kier alpha value is -3.42. The molecule has 2 unspecified atom stereocenters. The highest BCUT2D eigenvalue weighted by Gasteiger charge is 2.42. The van der Waals surface area contributed by atoms with Gasteiger partial charge in [-0.15, -0.1) is 0 Å². The number of hydrogen-bond donors (Lipinski definition) is 4. The summed E-state index contributed by atoms with van der Waals surface area (Å²) in [6.45, 7) is 7.19. The zero-order valence-electron chi connectivity index (χ0n) is 24.6. The molecular weight excluding hydrogens is 516 g/mol. The summed E-state index contributed by atoms with van der Waals surface area (Å²) in [7, 11) is 0. The molecule has 1 saturated heterocycles. The van der Waals surface area contributed by atoms with E-state index in [1.807, 2.05) is 17.0 Å². The number of hydrogen-bond acceptors (Lipinski definition) is 6. The van der Waals surface area contributed by atoms with Crippen LogP contribution in [0, 0.1) is 11.3 Å². The van der Waals surface area contributed by atoms with Gasteiger partial charge < -0.3 is 32.3 Å². The lowest BCUT2D eigenvalue weighted by molar-refractivity contribution is -0.123. The Labute approximate surface area is 244 Å². The van der Waals surface area contributed by atoms with Gasteiger partial charge in [0.2, 0.25) is 11.8 Å². The molecule has 3 aliphatic rings. The van der Waals surface area contributed by atoms with Gasteiger partial charge in [0, 0.05) is 44.0 Å². The monoisotopic (exact) mass is 562 g/mol. The summed E-state index contributed by atoms with van der Waals surface area (Å²) in [5, 5.41) is 12.4. The molecule has 2 amide bonds. The van der Waals surface area contributed by atoms with Crippen molar-refractivity contribution in [2.45, 2.75) is 95.7 Å². The van der Waals surface area contributed by atoms with Gasteiger partial charge in [0.1, 0.15) is 0 Å². The van der Waals surface area contributed by atoms with E-state index >= 15 is 0 Å². The summed E-state index contributed by atoms with van der Waals surface area (Å²) in [4.78, 5) is 34.9. The van der Waals surface area contributed by atoms with Crippen LogP contribution in [0.4, 0.5) is 5.69 Å². The third kappa shape index (κ3) is 7.46. The number of benzene rings is 1. The standard InChI is InChI=1S/C31H46N8O2/c1-20(2)22-6-8-23(9-7-22)38-16-12-24(13-17-38)39-28-10-5-21(19-32)18-26(28)25(30(39)41)11-15-36-29(40)27(33)4-3-14-37-31(34)35/h5,10,18,23-25,27H,3-4,6-9,11-17,33H2,1-2H3,(H,36,40)(H4,34,35,37). The average molecular weight is 563 g/mol. The zero-order valence-corrected chi connectivity index (χ0v) is 24.6. The van der Waals surface area contributed by atoms with Crippen molar-refractivity contribution in [3.63, 3.8) is 0 Å². The molecule has 10 nitrogen and oxygen atoms in total. The Morgan fingerprint density at radius 2 is 1.85 bits per heavy atom. The lowest BCUT2D eigenvalue weighted by Gasteiger charge is -2.42. The highest BCUT2D eigenvalue weighted by molar-refractivity contribution is 6.05. The molecule has 41 heavy (non-hydrogen) atoms. The maximum absolute atomic E-state index is 13.8. The fourth-order valence-electron chi connectivity index (χ4n) is 6.64. The second-order valence-corrected chi connectivity index (χ2v) is 11.9. The molecule has 7 N–H and O–H groups in total. The molecule has 1 aromatic rings. The smallest absolute Gasteiger partial charge is 0.236 e. The fourth-order valence-corrected chi connectivity index (χ4v) is 6.64. The first-order chi connectivity index (χ1) is 19.7. The van der Waals surface area contributed by atoms with Crippen molar-refractivity contribution in [3.05, 3.63) is 40.5 Å². The first kappa shape index (κ1) is 30.5. The summed E-state index contributed by atoms with van der Waals surface area (Å²) in [6.07, 6.45) is 8.25. The first-order valence-electron chi connectivity index (χ1n) is 15.0. The van der Waals surface area contributed by atoms with Gasteiger partial charge in [0.05, 0.1) is 23.6 Å². The molecule has 2 fully saturated rings. The van der Waals surface area contributed by atoms with E-state index in [9.17, 15) is 14.9 Å². The van der Waals surface area contributed by atoms with Crippen molar-refractivity contribution >= 4 is 23.5 Å². The Balaban J connectivity index is 1.34. The molecule has 2 aliphatic heterocycles. The van der Waals surface area contributed by atoms with Gasteiger partial charge in [-0.3, -0.25) is 14.6 Å². The van der Waals surface area contributed by atoms with Crippen LogP contribution in [0.25, 0.3) is 0 Å². The zero-order chi connectivity index (χ0) is 29.5. The van der Waals surface area contributed by atoms with Crippen LogP contribution < -0.4 is 27.4 Å². The van der Waals surface area contributed by atoms with E-state index in [2.05, 4.69) is 35.1 Å². The van der Waals surface area contributed by atoms with Crippen LogP contribution in [0.3, 0.4) is 0 Å². The van der Waals surface area contributed by atoms with Gasteiger partial charge in [0.15, 0.2) is 5.96 Å². The van der Waals surface area contributed by atoms with E-state index in [0.717, 1.165) is 37.2 Å². The number of fused-ring (bicyclic) bond motifs is 1. The van der Waals surface area contributed by atoms with Crippen LogP contribution in [0.1, 0.15) is 88.7 Å². The maximum atomic E-state index is 13.8. The molecule has 1 saturated carbocycles. The summed E-state index contributed by atoms with van der Waals surface area (Å²) in [6, 6.07) is 7.87. The van der Waals surface area contributed by atoms with E-state index in [-0.39, 0.29) is 23.8 Å². The van der Waals surface area contributed by atoms with Crippen molar-refractivity contribution in [1.82, 2.24) is 10.2 Å². The number of amides is 2. The largest absolute Gasteiger partial charge is 0.370 e. The third-order valence-electron chi connectivity index (χ3n) is 9.01. The Kier molecular flexibility index (Phi) is 10.4. The third-order valence-corrected chi connectivity index (χ3v) is 9.01. The number of nitrogens with zero attached hydrogens (tertiary/aromatic N) is 4. The number of nitriles is 1. The van der Waals surface area contributed by atoms with Crippen LogP contribution in [0.15, 0.2) is 34.3 Å². The summed E-state index contributed by atoms with van der Waals surface area (Å²) in [5.41, 5.74) is 22.1. The number of nitrogens with one attached hydrogen (secondary N) is 1. The van der Waals surface area contributed by atoms with Gasteiger partial charge >= 0.3 is 0 Å².